The van der Waals surface area contributed by atoms with Crippen LogP contribution in [-0.4, -0.2) is 36.1 Å². The van der Waals surface area contributed by atoms with Gasteiger partial charge < -0.3 is 4.90 Å². The van der Waals surface area contributed by atoms with E-state index >= 15 is 0 Å². The number of rotatable bonds is 1. The fourth-order valence-electron chi connectivity index (χ4n) is 1.07. The molecule has 1 saturated heterocycles. The molecular weight excluding hydrogens is 206 g/mol. The van der Waals surface area contributed by atoms with E-state index in [1.165, 1.54) is 0 Å². The molecule has 0 aliphatic carbocycles. The Morgan fingerprint density at radius 2 is 1.71 bits per heavy atom. The highest BCUT2D eigenvalue weighted by molar-refractivity contribution is 5.87. The van der Waals surface area contributed by atoms with Gasteiger partial charge in [-0.15, -0.1) is 0 Å². The second kappa shape index (κ2) is 3.23. The lowest BCUT2D eigenvalue weighted by Crippen LogP contribution is -2.56. The molecule has 1 rings (SSSR count). The van der Waals surface area contributed by atoms with Gasteiger partial charge in [0, 0.05) is 0 Å². The molecule has 1 fully saturated rings. The molecule has 1 aliphatic heterocycles. The molecule has 0 bridgehead atoms. The van der Waals surface area contributed by atoms with Crippen molar-refractivity contribution in [3.05, 3.63) is 12.7 Å². The Labute approximate surface area is 76.9 Å². The van der Waals surface area contributed by atoms with Crippen LogP contribution in [0.5, 0.6) is 0 Å². The van der Waals surface area contributed by atoms with Crippen LogP contribution in [0.15, 0.2) is 12.7 Å². The first kappa shape index (κ1) is 11.0. The van der Waals surface area contributed by atoms with Crippen molar-refractivity contribution in [2.75, 3.05) is 13.1 Å². The van der Waals surface area contributed by atoms with Crippen molar-refractivity contribution in [3.63, 3.8) is 0 Å². The number of amides is 1. The van der Waals surface area contributed by atoms with E-state index < -0.39 is 31.2 Å². The number of morpholine rings is 1. The van der Waals surface area contributed by atoms with E-state index in [4.69, 9.17) is 0 Å². The number of hydrogen-bond donors (Lipinski definition) is 0. The van der Waals surface area contributed by atoms with E-state index in [-0.39, 0.29) is 4.90 Å². The highest BCUT2D eigenvalue weighted by atomic mass is 19.3. The summed E-state index contributed by atoms with van der Waals surface area (Å²) >= 11 is 0. The summed E-state index contributed by atoms with van der Waals surface area (Å²) in [5, 5.41) is 0. The number of halogens is 4. The summed E-state index contributed by atoms with van der Waals surface area (Å²) in [4.78, 5) is 11.1. The van der Waals surface area contributed by atoms with Gasteiger partial charge in [0.05, 0.1) is 0 Å². The lowest BCUT2D eigenvalue weighted by Gasteiger charge is -2.36. The Hall–Kier alpha value is -1.11. The molecule has 0 aromatic carbocycles. The van der Waals surface area contributed by atoms with Crippen LogP contribution >= 0.6 is 0 Å². The monoisotopic (exact) mass is 213 g/mol. The number of carbonyl (C=O) groups excluding carboxylic acids is 1. The third-order valence-electron chi connectivity index (χ3n) is 1.53. The first-order chi connectivity index (χ1) is 6.26. The molecule has 0 radical (unpaired) electrons. The molecule has 0 N–H and O–H groups in total. The average Bonchev–Trinajstić information content (AvgIpc) is 1.97. The molecule has 3 nitrogen and oxygen atoms in total. The van der Waals surface area contributed by atoms with Crippen LogP contribution in [0.1, 0.15) is 0 Å². The van der Waals surface area contributed by atoms with Gasteiger partial charge in [-0.05, 0) is 6.08 Å². The van der Waals surface area contributed by atoms with Gasteiger partial charge in [0.1, 0.15) is 13.1 Å². The molecule has 0 unspecified atom stereocenters. The van der Waals surface area contributed by atoms with Crippen molar-refractivity contribution < 1.29 is 27.1 Å². The van der Waals surface area contributed by atoms with Crippen molar-refractivity contribution in [1.82, 2.24) is 4.90 Å². The Bertz CT molecular complexity index is 250. The van der Waals surface area contributed by atoms with Gasteiger partial charge in [0.25, 0.3) is 0 Å². The zero-order chi connectivity index (χ0) is 11.0. The number of nitrogens with zero attached hydrogens (tertiary/aromatic N) is 1. The third kappa shape index (κ3) is 2.44. The zero-order valence-electron chi connectivity index (χ0n) is 6.97. The van der Waals surface area contributed by atoms with E-state index in [2.05, 4.69) is 11.3 Å². The molecule has 1 amide bonds. The summed E-state index contributed by atoms with van der Waals surface area (Å²) in [6.45, 7) is 0.635. The maximum absolute atomic E-state index is 12.5. The minimum atomic E-state index is -4.03. The number of alkyl halides is 4. The van der Waals surface area contributed by atoms with Gasteiger partial charge in [0.15, 0.2) is 0 Å². The van der Waals surface area contributed by atoms with E-state index in [1.807, 2.05) is 0 Å². The number of carbonyl (C=O) groups is 1. The Morgan fingerprint density at radius 3 is 2.07 bits per heavy atom. The molecule has 1 aliphatic rings. The van der Waals surface area contributed by atoms with Crippen LogP contribution in [0.25, 0.3) is 0 Å². The van der Waals surface area contributed by atoms with Gasteiger partial charge in [0.2, 0.25) is 5.91 Å². The van der Waals surface area contributed by atoms with Crippen LogP contribution < -0.4 is 0 Å². The van der Waals surface area contributed by atoms with Crippen LogP contribution in [0.4, 0.5) is 17.6 Å². The summed E-state index contributed by atoms with van der Waals surface area (Å²) in [6.07, 6.45) is -7.36. The maximum Gasteiger partial charge on any atom is 0.377 e. The fourth-order valence-corrected chi connectivity index (χ4v) is 1.07. The Balaban J connectivity index is 2.81. The van der Waals surface area contributed by atoms with Gasteiger partial charge in [-0.1, -0.05) is 6.58 Å². The number of ether oxygens (including phenoxy) is 1. The van der Waals surface area contributed by atoms with Crippen LogP contribution in [0, 0.1) is 0 Å². The normalized spacial score (nSPS) is 24.4. The molecular formula is C7H7F4NO2. The highest BCUT2D eigenvalue weighted by Crippen LogP contribution is 2.33. The first-order valence-electron chi connectivity index (χ1n) is 3.63. The van der Waals surface area contributed by atoms with Crippen LogP contribution in [0.2, 0.25) is 0 Å². The molecule has 0 saturated carbocycles. The number of hydrogen-bond acceptors (Lipinski definition) is 2. The molecule has 7 heteroatoms. The Morgan fingerprint density at radius 1 is 1.29 bits per heavy atom. The van der Waals surface area contributed by atoms with E-state index in [0.717, 1.165) is 0 Å². The summed E-state index contributed by atoms with van der Waals surface area (Å²) in [5.74, 6) is -0.979. The Kier molecular flexibility index (Phi) is 2.53. The van der Waals surface area contributed by atoms with Gasteiger partial charge in [-0.2, -0.15) is 17.6 Å². The minimum Gasteiger partial charge on any atom is -0.322 e. The largest absolute Gasteiger partial charge is 0.377 e. The predicted molar refractivity (Wildman–Crippen MR) is 37.8 cm³/mol. The molecule has 80 valence electrons. The molecule has 0 aromatic heterocycles. The second-order valence-corrected chi connectivity index (χ2v) is 2.78. The smallest absolute Gasteiger partial charge is 0.322 e. The quantitative estimate of drug-likeness (QED) is 0.484. The average molecular weight is 213 g/mol. The molecule has 1 heterocycles. The molecule has 0 atom stereocenters. The molecule has 0 aromatic rings. The van der Waals surface area contributed by atoms with Crippen LogP contribution in [0.3, 0.4) is 0 Å². The van der Waals surface area contributed by atoms with Gasteiger partial charge in [-0.25, -0.2) is 0 Å². The third-order valence-corrected chi connectivity index (χ3v) is 1.53. The zero-order valence-corrected chi connectivity index (χ0v) is 6.97. The van der Waals surface area contributed by atoms with Crippen molar-refractivity contribution in [1.29, 1.82) is 0 Å². The molecule has 0 spiro atoms. The van der Waals surface area contributed by atoms with Gasteiger partial charge >= 0.3 is 12.2 Å². The summed E-state index contributed by atoms with van der Waals surface area (Å²) < 4.78 is 53.3. The van der Waals surface area contributed by atoms with E-state index in [0.29, 0.717) is 6.08 Å². The lowest BCUT2D eigenvalue weighted by molar-refractivity contribution is -0.401. The summed E-state index contributed by atoms with van der Waals surface area (Å²) in [6, 6.07) is 0. The standard InChI is InChI=1S/C7H7F4NO2/c1-2-5(13)12-3-6(8,9)14-7(10,11)4-12/h2H,1,3-4H2. The molecule has 14 heavy (non-hydrogen) atoms. The predicted octanol–water partition coefficient (Wildman–Crippen LogP) is 1.22. The minimum absolute atomic E-state index is 0.288. The lowest BCUT2D eigenvalue weighted by atomic mass is 10.3. The van der Waals surface area contributed by atoms with Crippen LogP contribution in [-0.2, 0) is 9.53 Å². The maximum atomic E-state index is 12.5. The summed E-state index contributed by atoms with van der Waals surface area (Å²) in [5.41, 5.74) is 0. The van der Waals surface area contributed by atoms with Crippen molar-refractivity contribution in [2.45, 2.75) is 12.2 Å². The van der Waals surface area contributed by atoms with Crippen molar-refractivity contribution in [3.8, 4) is 0 Å². The van der Waals surface area contributed by atoms with Crippen molar-refractivity contribution in [2.24, 2.45) is 0 Å². The van der Waals surface area contributed by atoms with Crippen molar-refractivity contribution >= 4 is 5.91 Å². The van der Waals surface area contributed by atoms with E-state index in [9.17, 15) is 22.4 Å². The second-order valence-electron chi connectivity index (χ2n) is 2.78. The SMILES string of the molecule is C=CC(=O)N1CC(F)(F)OC(F)(F)C1. The first-order valence-corrected chi connectivity index (χ1v) is 3.63. The van der Waals surface area contributed by atoms with E-state index in [1.54, 1.807) is 0 Å². The fraction of sp³-hybridized carbons (Fsp3) is 0.571. The van der Waals surface area contributed by atoms with Gasteiger partial charge in [-0.3, -0.25) is 9.53 Å². The summed E-state index contributed by atoms with van der Waals surface area (Å²) in [7, 11) is 0. The topological polar surface area (TPSA) is 29.5 Å². The highest BCUT2D eigenvalue weighted by Gasteiger charge is 2.52.